The van der Waals surface area contributed by atoms with E-state index in [4.69, 9.17) is 0 Å². The molecule has 1 aromatic carbocycles. The molecule has 1 aliphatic rings. The number of carbonyl (C=O) groups is 1. The van der Waals surface area contributed by atoms with Gasteiger partial charge in [-0.25, -0.2) is 8.78 Å². The lowest BCUT2D eigenvalue weighted by atomic mass is 10.0. The van der Waals surface area contributed by atoms with E-state index in [0.717, 1.165) is 37.0 Å². The van der Waals surface area contributed by atoms with Gasteiger partial charge in [-0.15, -0.1) is 0 Å². The summed E-state index contributed by atoms with van der Waals surface area (Å²) in [6, 6.07) is 8.57. The normalized spacial score (nSPS) is 20.2. The number of benzene rings is 1. The molecule has 1 saturated heterocycles. The Morgan fingerprint density at radius 3 is 2.59 bits per heavy atom. The van der Waals surface area contributed by atoms with Crippen LogP contribution in [0.4, 0.5) is 8.78 Å². The van der Waals surface area contributed by atoms with Crippen molar-refractivity contribution in [3.8, 4) is 0 Å². The average molecular weight is 374 g/mol. The van der Waals surface area contributed by atoms with Gasteiger partial charge in [0.2, 0.25) is 0 Å². The van der Waals surface area contributed by atoms with Gasteiger partial charge in [-0.3, -0.25) is 14.7 Å². The molecule has 144 valence electrons. The van der Waals surface area contributed by atoms with E-state index < -0.39 is 17.5 Å². The molecule has 0 radical (unpaired) electrons. The van der Waals surface area contributed by atoms with Gasteiger partial charge in [0.05, 0.1) is 5.69 Å². The van der Waals surface area contributed by atoms with Crippen LogP contribution in [0.25, 0.3) is 0 Å². The van der Waals surface area contributed by atoms with Crippen LogP contribution in [-0.4, -0.2) is 60.5 Å². The number of pyridine rings is 1. The molecule has 2 atom stereocenters. The third-order valence-corrected chi connectivity index (χ3v) is 4.67. The van der Waals surface area contributed by atoms with Crippen LogP contribution in [0.1, 0.15) is 16.1 Å². The van der Waals surface area contributed by atoms with Crippen LogP contribution < -0.4 is 5.32 Å². The summed E-state index contributed by atoms with van der Waals surface area (Å²) in [5.41, 5.74) is 0.972. The summed E-state index contributed by atoms with van der Waals surface area (Å²) in [5.74, 6) is -1.76. The topological polar surface area (TPSA) is 48.5 Å². The first-order valence-corrected chi connectivity index (χ1v) is 8.94. The molecule has 0 saturated carbocycles. The third kappa shape index (κ3) is 5.30. The highest BCUT2D eigenvalue weighted by Gasteiger charge is 2.34. The maximum atomic E-state index is 13.4. The minimum atomic E-state index is -0.756. The average Bonchev–Trinajstić information content (AvgIpc) is 2.95. The van der Waals surface area contributed by atoms with E-state index in [-0.39, 0.29) is 17.5 Å². The maximum Gasteiger partial charge on any atom is 0.251 e. The molecule has 0 unspecified atom stereocenters. The van der Waals surface area contributed by atoms with Gasteiger partial charge >= 0.3 is 0 Å². The Kier molecular flexibility index (Phi) is 6.13. The molecule has 1 fully saturated rings. The van der Waals surface area contributed by atoms with E-state index >= 15 is 0 Å². The molecule has 1 amide bonds. The number of nitrogens with zero attached hydrogens (tertiary/aromatic N) is 3. The first kappa shape index (κ1) is 19.4. The number of nitrogens with one attached hydrogen (secondary N) is 1. The number of hydrogen-bond acceptors (Lipinski definition) is 4. The molecule has 0 aliphatic carbocycles. The number of carbonyl (C=O) groups excluding carboxylic acids is 1. The fourth-order valence-corrected chi connectivity index (χ4v) is 3.56. The minimum Gasteiger partial charge on any atom is -0.348 e. The number of aromatic nitrogens is 1. The van der Waals surface area contributed by atoms with Crippen molar-refractivity contribution >= 4 is 5.91 Å². The lowest BCUT2D eigenvalue weighted by Crippen LogP contribution is -2.43. The monoisotopic (exact) mass is 374 g/mol. The van der Waals surface area contributed by atoms with Crippen LogP contribution in [0.5, 0.6) is 0 Å². The second kappa shape index (κ2) is 8.54. The van der Waals surface area contributed by atoms with Crippen molar-refractivity contribution in [2.45, 2.75) is 12.6 Å². The van der Waals surface area contributed by atoms with E-state index in [9.17, 15) is 13.6 Å². The first-order valence-electron chi connectivity index (χ1n) is 8.94. The second-order valence-electron chi connectivity index (χ2n) is 7.28. The van der Waals surface area contributed by atoms with Gasteiger partial charge in [-0.2, -0.15) is 0 Å². The van der Waals surface area contributed by atoms with E-state index in [1.54, 1.807) is 6.20 Å². The number of halogens is 2. The van der Waals surface area contributed by atoms with Crippen LogP contribution in [0.2, 0.25) is 0 Å². The second-order valence-corrected chi connectivity index (χ2v) is 7.28. The summed E-state index contributed by atoms with van der Waals surface area (Å²) in [6.45, 7) is 2.99. The van der Waals surface area contributed by atoms with E-state index in [1.165, 1.54) is 0 Å². The van der Waals surface area contributed by atoms with Gasteiger partial charge in [0, 0.05) is 56.0 Å². The molecule has 2 aromatic rings. The summed E-state index contributed by atoms with van der Waals surface area (Å²) < 4.78 is 26.8. The van der Waals surface area contributed by atoms with Gasteiger partial charge in [0.15, 0.2) is 0 Å². The predicted octanol–water partition coefficient (Wildman–Crippen LogP) is 2.15. The molecule has 2 heterocycles. The lowest BCUT2D eigenvalue weighted by molar-refractivity contribution is 0.0926. The summed E-state index contributed by atoms with van der Waals surface area (Å²) in [7, 11) is 3.98. The van der Waals surface area contributed by atoms with Gasteiger partial charge in [-0.05, 0) is 38.4 Å². The van der Waals surface area contributed by atoms with Crippen molar-refractivity contribution in [3.05, 3.63) is 65.5 Å². The fraction of sp³-hybridized carbons (Fsp3) is 0.400. The van der Waals surface area contributed by atoms with Crippen molar-refractivity contribution in [3.63, 3.8) is 0 Å². The maximum absolute atomic E-state index is 13.4. The molecule has 7 heteroatoms. The van der Waals surface area contributed by atoms with Gasteiger partial charge in [0.25, 0.3) is 5.91 Å². The van der Waals surface area contributed by atoms with Gasteiger partial charge < -0.3 is 10.2 Å². The van der Waals surface area contributed by atoms with E-state index in [1.807, 2.05) is 32.3 Å². The van der Waals surface area contributed by atoms with Crippen LogP contribution >= 0.6 is 0 Å². The summed E-state index contributed by atoms with van der Waals surface area (Å²) in [6.07, 6.45) is 1.76. The van der Waals surface area contributed by atoms with E-state index in [0.29, 0.717) is 13.1 Å². The SMILES string of the molecule is CN(C)C[C@@H]1CN(Cc2ccccn2)C[C@H]1NC(=O)c1cc(F)cc(F)c1. The Balaban J connectivity index is 1.69. The number of hydrogen-bond donors (Lipinski definition) is 1. The Bertz CT molecular complexity index is 765. The molecule has 1 aromatic heterocycles. The summed E-state index contributed by atoms with van der Waals surface area (Å²) >= 11 is 0. The highest BCUT2D eigenvalue weighted by molar-refractivity contribution is 5.94. The van der Waals surface area contributed by atoms with E-state index in [2.05, 4.69) is 20.1 Å². The van der Waals surface area contributed by atoms with Crippen molar-refractivity contribution in [2.75, 3.05) is 33.7 Å². The number of likely N-dealkylation sites (tertiary alicyclic amines) is 1. The summed E-state index contributed by atoms with van der Waals surface area (Å²) in [4.78, 5) is 21.2. The smallest absolute Gasteiger partial charge is 0.251 e. The molecule has 1 aliphatic heterocycles. The standard InChI is InChI=1S/C20H24F2N4O/c1-25(2)10-15-11-26(12-18-5-3-4-6-23-18)13-19(15)24-20(27)14-7-16(21)9-17(22)8-14/h3-9,15,19H,10-13H2,1-2H3,(H,24,27)/t15-,19-/m1/s1. The zero-order chi connectivity index (χ0) is 19.4. The Morgan fingerprint density at radius 1 is 1.22 bits per heavy atom. The fourth-order valence-electron chi connectivity index (χ4n) is 3.56. The zero-order valence-corrected chi connectivity index (χ0v) is 15.5. The van der Waals surface area contributed by atoms with Crippen LogP contribution in [0, 0.1) is 17.6 Å². The number of rotatable bonds is 6. The summed E-state index contributed by atoms with van der Waals surface area (Å²) in [5, 5.41) is 2.96. The quantitative estimate of drug-likeness (QED) is 0.842. The van der Waals surface area contributed by atoms with Gasteiger partial charge in [0.1, 0.15) is 11.6 Å². The Labute approximate surface area is 158 Å². The molecule has 0 bridgehead atoms. The Hall–Kier alpha value is -2.38. The van der Waals surface area contributed by atoms with Crippen molar-refractivity contribution in [2.24, 2.45) is 5.92 Å². The molecular formula is C20H24F2N4O. The largest absolute Gasteiger partial charge is 0.348 e. The van der Waals surface area contributed by atoms with Crippen molar-refractivity contribution < 1.29 is 13.6 Å². The molecule has 5 nitrogen and oxygen atoms in total. The minimum absolute atomic E-state index is 0.000667. The zero-order valence-electron chi connectivity index (χ0n) is 15.5. The Morgan fingerprint density at radius 2 is 1.96 bits per heavy atom. The molecular weight excluding hydrogens is 350 g/mol. The third-order valence-electron chi connectivity index (χ3n) is 4.67. The van der Waals surface area contributed by atoms with Crippen LogP contribution in [0.15, 0.2) is 42.6 Å². The predicted molar refractivity (Wildman–Crippen MR) is 99.2 cm³/mol. The molecule has 27 heavy (non-hydrogen) atoms. The lowest BCUT2D eigenvalue weighted by Gasteiger charge is -2.23. The van der Waals surface area contributed by atoms with Crippen molar-refractivity contribution in [1.82, 2.24) is 20.1 Å². The molecule has 3 rings (SSSR count). The van der Waals surface area contributed by atoms with Crippen LogP contribution in [-0.2, 0) is 6.54 Å². The highest BCUT2D eigenvalue weighted by Crippen LogP contribution is 2.20. The first-order chi connectivity index (χ1) is 12.9. The molecule has 1 N–H and O–H groups in total. The van der Waals surface area contributed by atoms with Gasteiger partial charge in [-0.1, -0.05) is 6.07 Å². The number of amides is 1. The van der Waals surface area contributed by atoms with Crippen molar-refractivity contribution in [1.29, 1.82) is 0 Å². The molecule has 0 spiro atoms. The highest BCUT2D eigenvalue weighted by atomic mass is 19.1. The van der Waals surface area contributed by atoms with Crippen LogP contribution in [0.3, 0.4) is 0 Å².